The van der Waals surface area contributed by atoms with E-state index in [1.807, 2.05) is 0 Å². The molecule has 1 aliphatic carbocycles. The van der Waals surface area contributed by atoms with Crippen molar-refractivity contribution in [1.82, 2.24) is 13.9 Å². The van der Waals surface area contributed by atoms with Crippen LogP contribution >= 0.6 is 11.8 Å². The summed E-state index contributed by atoms with van der Waals surface area (Å²) in [5, 5.41) is -0.841. The molecule has 1 fully saturated rings. The van der Waals surface area contributed by atoms with E-state index in [0.717, 1.165) is 28.3 Å². The first-order valence-electron chi connectivity index (χ1n) is 9.11. The molecule has 0 atom stereocenters. The summed E-state index contributed by atoms with van der Waals surface area (Å²) in [5.74, 6) is -1.13. The molecule has 1 aromatic heterocycles. The number of sulfonamides is 1. The molecule has 0 spiro atoms. The number of nitrogens with zero attached hydrogens (tertiary/aromatic N) is 3. The maximum absolute atomic E-state index is 14.8. The zero-order valence-electron chi connectivity index (χ0n) is 16.7. The second-order valence-electron chi connectivity index (χ2n) is 7.25. The van der Waals surface area contributed by atoms with Crippen LogP contribution in [0.4, 0.5) is 17.6 Å². The molecule has 172 valence electrons. The number of nitrogens with one attached hydrogen (secondary N) is 1. The topological polar surface area (TPSA) is 85.5 Å². The minimum Gasteiger partial charge on any atom is -0.289 e. The van der Waals surface area contributed by atoms with E-state index < -0.39 is 56.7 Å². The normalized spacial score (nSPS) is 16.3. The third kappa shape index (κ3) is 4.58. The summed E-state index contributed by atoms with van der Waals surface area (Å²) in [6.45, 7) is 3.88. The van der Waals surface area contributed by atoms with E-state index in [0.29, 0.717) is 24.6 Å². The molecule has 1 aromatic carbocycles. The summed E-state index contributed by atoms with van der Waals surface area (Å²) in [4.78, 5) is 15.6. The highest BCUT2D eigenvalue weighted by Gasteiger charge is 2.42. The van der Waals surface area contributed by atoms with Gasteiger partial charge in [-0.05, 0) is 25.8 Å². The van der Waals surface area contributed by atoms with Crippen LogP contribution in [0.3, 0.4) is 0 Å². The summed E-state index contributed by atoms with van der Waals surface area (Å²) in [6.07, 6.45) is -1.75. The molecule has 0 amide bonds. The summed E-state index contributed by atoms with van der Waals surface area (Å²) in [6, 6.07) is 1.73. The number of aryl methyl sites for hydroxylation is 1. The number of hydrogen-bond acceptors (Lipinski definition) is 5. The predicted molar refractivity (Wildman–Crippen MR) is 114 cm³/mol. The molecule has 3 rings (SSSR count). The summed E-state index contributed by atoms with van der Waals surface area (Å²) in [5.41, 5.74) is -1.75. The number of aromatic nitrogens is 2. The van der Waals surface area contributed by atoms with Crippen LogP contribution < -0.4 is 10.4 Å². The Morgan fingerprint density at radius 3 is 2.55 bits per heavy atom. The Morgan fingerprint density at radius 1 is 1.39 bits per heavy atom. The lowest BCUT2D eigenvalue weighted by atomic mass is 10.3. The van der Waals surface area contributed by atoms with Crippen molar-refractivity contribution in [2.75, 3.05) is 13.7 Å². The Morgan fingerprint density at radius 2 is 2.03 bits per heavy atom. The van der Waals surface area contributed by atoms with Crippen molar-refractivity contribution in [3.8, 4) is 0 Å². The quantitative estimate of drug-likeness (QED) is 0.355. The van der Waals surface area contributed by atoms with Gasteiger partial charge in [-0.2, -0.15) is 0 Å². The van der Waals surface area contributed by atoms with Gasteiger partial charge in [-0.25, -0.2) is 35.5 Å². The zero-order valence-corrected chi connectivity index (χ0v) is 18.3. The number of benzene rings is 1. The van der Waals surface area contributed by atoms with Gasteiger partial charge in [0.1, 0.15) is 22.4 Å². The highest BCUT2D eigenvalue weighted by molar-refractivity contribution is 8.21. The molecule has 31 heavy (non-hydrogen) atoms. The summed E-state index contributed by atoms with van der Waals surface area (Å²) >= 11 is 0.406. The lowest BCUT2D eigenvalue weighted by molar-refractivity contribution is 0.229. The average molecular weight is 483 g/mol. The van der Waals surface area contributed by atoms with Gasteiger partial charge in [-0.15, -0.1) is 0 Å². The Hall–Kier alpha value is -2.12. The third-order valence-electron chi connectivity index (χ3n) is 4.84. The van der Waals surface area contributed by atoms with E-state index in [4.69, 9.17) is 0 Å². The van der Waals surface area contributed by atoms with E-state index in [-0.39, 0.29) is 17.5 Å². The predicted octanol–water partition coefficient (Wildman–Crippen LogP) is 3.44. The first kappa shape index (κ1) is 23.5. The summed E-state index contributed by atoms with van der Waals surface area (Å²) in [7, 11) is -3.14. The van der Waals surface area contributed by atoms with Gasteiger partial charge in [0.2, 0.25) is 10.0 Å². The maximum atomic E-state index is 14.8. The molecule has 7 nitrogen and oxygen atoms in total. The van der Waals surface area contributed by atoms with Crippen LogP contribution in [0.15, 0.2) is 33.4 Å². The van der Waals surface area contributed by atoms with Crippen molar-refractivity contribution in [3.05, 3.63) is 35.0 Å². The molecule has 1 heterocycles. The SMILES string of the molecule is C=C(SC(=NC)C(F)F)n1c(=O)n(CCF)c2cc(F)c(S(=O)(=O)NC3(C)CC3)cc21.[HH]. The zero-order chi connectivity index (χ0) is 23.1. The number of imidazole rings is 1. The molecule has 0 saturated heterocycles. The van der Waals surface area contributed by atoms with E-state index in [1.165, 1.54) is 0 Å². The van der Waals surface area contributed by atoms with Crippen LogP contribution in [-0.4, -0.2) is 48.3 Å². The smallest absolute Gasteiger partial charge is 0.289 e. The van der Waals surface area contributed by atoms with Crippen LogP contribution in [0.1, 0.15) is 21.2 Å². The Bertz CT molecular complexity index is 1240. The first-order chi connectivity index (χ1) is 14.4. The fourth-order valence-corrected chi connectivity index (χ4v) is 5.26. The third-order valence-corrected chi connectivity index (χ3v) is 7.48. The van der Waals surface area contributed by atoms with Crippen LogP contribution in [0.5, 0.6) is 0 Å². The number of fused-ring (bicyclic) bond motifs is 1. The number of aliphatic imine (C=N–C) groups is 1. The van der Waals surface area contributed by atoms with Gasteiger partial charge in [0, 0.05) is 20.1 Å². The van der Waals surface area contributed by atoms with Gasteiger partial charge in [0.05, 0.1) is 22.6 Å². The first-order valence-corrected chi connectivity index (χ1v) is 11.4. The molecular weight excluding hydrogens is 460 g/mol. The Kier molecular flexibility index (Phi) is 6.40. The van der Waals surface area contributed by atoms with Crippen molar-refractivity contribution in [3.63, 3.8) is 0 Å². The van der Waals surface area contributed by atoms with Crippen molar-refractivity contribution in [2.45, 2.75) is 43.2 Å². The van der Waals surface area contributed by atoms with Crippen LogP contribution in [0, 0.1) is 5.82 Å². The second kappa shape index (κ2) is 8.43. The molecule has 0 radical (unpaired) electrons. The van der Waals surface area contributed by atoms with Crippen molar-refractivity contribution in [2.24, 2.45) is 4.99 Å². The van der Waals surface area contributed by atoms with Gasteiger partial charge in [-0.3, -0.25) is 14.1 Å². The van der Waals surface area contributed by atoms with Crippen LogP contribution in [0.2, 0.25) is 0 Å². The summed E-state index contributed by atoms with van der Waals surface area (Å²) < 4.78 is 83.5. The number of hydrogen-bond donors (Lipinski definition) is 1. The van der Waals surface area contributed by atoms with Gasteiger partial charge < -0.3 is 0 Å². The standard InChI is InChI=1S/C18H20F4N4O3S2.H2/c1-10(30-16(23-3)15(21)22)26-13-9-14(31(28,29)24-18(2)4-5-18)11(20)8-12(13)25(7-6-19)17(26)27;/h8-9,15,24H,1,4-7H2,2-3H3;1H. The van der Waals surface area contributed by atoms with Crippen LogP contribution in [0.25, 0.3) is 16.1 Å². The lowest BCUT2D eigenvalue weighted by Gasteiger charge is -2.13. The van der Waals surface area contributed by atoms with Gasteiger partial charge in [0.15, 0.2) is 0 Å². The maximum Gasteiger partial charge on any atom is 0.334 e. The highest BCUT2D eigenvalue weighted by atomic mass is 32.2. The minimum absolute atomic E-state index is 0. The molecule has 1 N–H and O–H groups in total. The van der Waals surface area contributed by atoms with Gasteiger partial charge in [0.25, 0.3) is 6.43 Å². The molecular formula is C18H22F4N4O3S2. The van der Waals surface area contributed by atoms with Gasteiger partial charge >= 0.3 is 5.69 Å². The van der Waals surface area contributed by atoms with Crippen molar-refractivity contribution >= 4 is 42.9 Å². The monoisotopic (exact) mass is 482 g/mol. The molecule has 1 aliphatic rings. The lowest BCUT2D eigenvalue weighted by Crippen LogP contribution is -2.34. The van der Waals surface area contributed by atoms with Gasteiger partial charge in [-0.1, -0.05) is 18.3 Å². The molecule has 1 saturated carbocycles. The molecule has 0 aliphatic heterocycles. The number of rotatable bonds is 8. The highest BCUT2D eigenvalue weighted by Crippen LogP contribution is 2.37. The molecule has 2 aromatic rings. The Labute approximate surface area is 181 Å². The van der Waals surface area contributed by atoms with E-state index in [1.54, 1.807) is 6.92 Å². The van der Waals surface area contributed by atoms with E-state index in [9.17, 15) is 30.8 Å². The van der Waals surface area contributed by atoms with Crippen molar-refractivity contribution in [1.29, 1.82) is 0 Å². The van der Waals surface area contributed by atoms with E-state index >= 15 is 0 Å². The van der Waals surface area contributed by atoms with E-state index in [2.05, 4.69) is 16.3 Å². The minimum atomic E-state index is -4.28. The average Bonchev–Trinajstić information content (AvgIpc) is 3.33. The Balaban J connectivity index is 0.00000363. The largest absolute Gasteiger partial charge is 0.334 e. The fraction of sp³-hybridized carbons (Fsp3) is 0.444. The van der Waals surface area contributed by atoms with Crippen LogP contribution in [-0.2, 0) is 16.6 Å². The number of alkyl halides is 3. The van der Waals surface area contributed by atoms with Crippen molar-refractivity contribution < 1.29 is 27.4 Å². The number of thioether (sulfide) groups is 1. The fourth-order valence-electron chi connectivity index (χ4n) is 3.02. The second-order valence-corrected chi connectivity index (χ2v) is 10.00. The molecule has 0 unspecified atom stereocenters. The number of halogens is 4. The molecule has 13 heteroatoms. The molecule has 0 bridgehead atoms.